The van der Waals surface area contributed by atoms with Crippen molar-refractivity contribution in [3.05, 3.63) is 177 Å². The van der Waals surface area contributed by atoms with Gasteiger partial charge in [0, 0.05) is 73.7 Å². The fourth-order valence-electron chi connectivity index (χ4n) is 9.43. The fraction of sp³-hybridized carbons (Fsp3) is 0.357. The van der Waals surface area contributed by atoms with Crippen LogP contribution in [0.3, 0.4) is 0 Å². The number of fused-ring (bicyclic) bond motifs is 2. The Morgan fingerprint density at radius 2 is 0.955 bits per heavy atom. The van der Waals surface area contributed by atoms with Gasteiger partial charge in [-0.15, -0.1) is 0 Å². The van der Waals surface area contributed by atoms with Gasteiger partial charge >= 0.3 is 11.9 Å². The highest BCUT2D eigenvalue weighted by Gasteiger charge is 2.24. The van der Waals surface area contributed by atoms with Gasteiger partial charge in [0.2, 0.25) is 0 Å². The third-order valence-electron chi connectivity index (χ3n) is 13.0. The number of aromatic nitrogens is 2. The van der Waals surface area contributed by atoms with Gasteiger partial charge in [-0.25, -0.2) is 9.59 Å². The number of rotatable bonds is 16. The second kappa shape index (κ2) is 22.2. The number of nitrogens with zero attached hydrogens (tertiary/aromatic N) is 4. The Balaban J connectivity index is 0.000000196. The van der Waals surface area contributed by atoms with E-state index >= 15 is 0 Å². The van der Waals surface area contributed by atoms with Gasteiger partial charge in [-0.1, -0.05) is 64.1 Å². The van der Waals surface area contributed by atoms with Gasteiger partial charge in [0.05, 0.1) is 11.1 Å². The van der Waals surface area contributed by atoms with E-state index < -0.39 is 11.9 Å². The van der Waals surface area contributed by atoms with Crippen LogP contribution in [0, 0.1) is 11.8 Å². The number of aromatic carboxylic acids is 2. The Kier molecular flexibility index (Phi) is 16.0. The van der Waals surface area contributed by atoms with Gasteiger partial charge < -0.3 is 30.6 Å². The van der Waals surface area contributed by atoms with Crippen LogP contribution < -0.4 is 20.4 Å². The lowest BCUT2D eigenvalue weighted by atomic mass is 9.89. The number of hydrogen-bond acceptors (Lipinski definition) is 8. The van der Waals surface area contributed by atoms with E-state index in [1.165, 1.54) is 68.5 Å². The molecule has 10 nitrogen and oxygen atoms in total. The van der Waals surface area contributed by atoms with Crippen LogP contribution in [0.2, 0.25) is 0 Å². The van der Waals surface area contributed by atoms with Crippen molar-refractivity contribution < 1.29 is 19.8 Å². The zero-order valence-corrected chi connectivity index (χ0v) is 39.4. The van der Waals surface area contributed by atoms with Crippen LogP contribution in [-0.4, -0.2) is 59.3 Å². The van der Waals surface area contributed by atoms with E-state index in [4.69, 9.17) is 0 Å². The van der Waals surface area contributed by atoms with Gasteiger partial charge in [0.25, 0.3) is 0 Å². The molecular weight excluding hydrogens is 821 g/mol. The van der Waals surface area contributed by atoms with Gasteiger partial charge in [0.15, 0.2) is 0 Å². The second-order valence-electron chi connectivity index (χ2n) is 18.7. The quantitative estimate of drug-likeness (QED) is 0.0745. The average Bonchev–Trinajstić information content (AvgIpc) is 3.32. The summed E-state index contributed by atoms with van der Waals surface area (Å²) >= 11 is 0. The van der Waals surface area contributed by atoms with Crippen molar-refractivity contribution in [2.45, 2.75) is 91.1 Å². The number of carbonyl (C=O) groups is 2. The Bertz CT molecular complexity index is 2400. The van der Waals surface area contributed by atoms with Gasteiger partial charge in [-0.3, -0.25) is 9.97 Å². The summed E-state index contributed by atoms with van der Waals surface area (Å²) in [6.45, 7) is 10.8. The van der Waals surface area contributed by atoms with Crippen molar-refractivity contribution in [2.75, 3.05) is 37.0 Å². The number of carboxylic acids is 2. The number of anilines is 4. The molecule has 8 rings (SSSR count). The smallest absolute Gasteiger partial charge is 0.336 e. The first-order valence-corrected chi connectivity index (χ1v) is 23.5. The third-order valence-corrected chi connectivity index (χ3v) is 13.0. The van der Waals surface area contributed by atoms with Crippen LogP contribution in [0.15, 0.2) is 122 Å². The molecule has 66 heavy (non-hydrogen) atoms. The molecule has 344 valence electrons. The standard InChI is InChI=1S/2C28H33N3O2/c2*1-19(2)16-20-4-7-23(8-5-20)31(3)24-9-10-25-21(17-24)12-15-30-27(25)11-6-22-18-29-14-13-26(22)28(32)33/h2*4-5,7-10,13-14,17-19,27,30H,6,11-12,15-16H2,1-3H3,(H,32,33)/t2*27-/m10/s1. The maximum absolute atomic E-state index is 11.5. The van der Waals surface area contributed by atoms with E-state index in [0.29, 0.717) is 35.8 Å². The zero-order chi connectivity index (χ0) is 46.7. The number of carboxylic acid groups (broad SMARTS) is 2. The fourth-order valence-corrected chi connectivity index (χ4v) is 9.43. The number of aryl methyl sites for hydroxylation is 2. The highest BCUT2D eigenvalue weighted by Crippen LogP contribution is 2.34. The Hall–Kier alpha value is -6.36. The molecule has 0 radical (unpaired) electrons. The third kappa shape index (κ3) is 12.1. The molecular formula is C56H66N6O4. The topological polar surface area (TPSA) is 131 Å². The highest BCUT2D eigenvalue weighted by atomic mass is 16.4. The molecule has 0 fully saturated rings. The molecule has 2 atom stereocenters. The molecule has 2 aromatic heterocycles. The molecule has 4 N–H and O–H groups in total. The molecule has 0 saturated heterocycles. The van der Waals surface area contributed by atoms with Crippen LogP contribution in [0.1, 0.15) is 118 Å². The lowest BCUT2D eigenvalue weighted by Crippen LogP contribution is -2.30. The number of pyridine rings is 2. The van der Waals surface area contributed by atoms with Gasteiger partial charge in [0.1, 0.15) is 0 Å². The Labute approximate surface area is 391 Å². The second-order valence-corrected chi connectivity index (χ2v) is 18.7. The summed E-state index contributed by atoms with van der Waals surface area (Å²) in [6.07, 6.45) is 13.7. The lowest BCUT2D eigenvalue weighted by molar-refractivity contribution is 0.0684. The molecule has 6 aromatic rings. The summed E-state index contributed by atoms with van der Waals surface area (Å²) in [5.41, 5.74) is 15.1. The van der Waals surface area contributed by atoms with Crippen LogP contribution in [0.25, 0.3) is 0 Å². The zero-order valence-electron chi connectivity index (χ0n) is 39.4. The minimum Gasteiger partial charge on any atom is -0.478 e. The van der Waals surface area contributed by atoms with E-state index in [-0.39, 0.29) is 12.1 Å². The summed E-state index contributed by atoms with van der Waals surface area (Å²) in [6, 6.07) is 34.8. The minimum absolute atomic E-state index is 0.213. The number of hydrogen-bond donors (Lipinski definition) is 4. The lowest BCUT2D eigenvalue weighted by Gasteiger charge is -2.29. The molecule has 0 unspecified atom stereocenters. The predicted molar refractivity (Wildman–Crippen MR) is 267 cm³/mol. The molecule has 0 amide bonds. The number of nitrogens with one attached hydrogen (secondary N) is 2. The van der Waals surface area contributed by atoms with Crippen LogP contribution in [0.5, 0.6) is 0 Å². The van der Waals surface area contributed by atoms with Crippen molar-refractivity contribution in [3.63, 3.8) is 0 Å². The molecule has 0 aliphatic carbocycles. The summed E-state index contributed by atoms with van der Waals surface area (Å²) in [5, 5.41) is 26.1. The minimum atomic E-state index is -0.894. The Morgan fingerprint density at radius 3 is 1.32 bits per heavy atom. The first-order valence-electron chi connectivity index (χ1n) is 23.5. The molecule has 10 heteroatoms. The molecule has 0 saturated carbocycles. The van der Waals surface area contributed by atoms with Gasteiger partial charge in [-0.05, 0) is 181 Å². The maximum Gasteiger partial charge on any atom is 0.336 e. The highest BCUT2D eigenvalue weighted by molar-refractivity contribution is 5.89. The van der Waals surface area contributed by atoms with E-state index in [0.717, 1.165) is 62.7 Å². The van der Waals surface area contributed by atoms with E-state index in [9.17, 15) is 19.8 Å². The summed E-state index contributed by atoms with van der Waals surface area (Å²) in [7, 11) is 4.24. The SMILES string of the molecule is CC(C)Cc1ccc(N(C)c2ccc3c(c2)CCN[C@@H]3CCc2cnccc2C(=O)O)cc1.CC(C)Cc1ccc(N(C)c2ccc3c(c2)CCN[C@H]3CCc2cnccc2C(=O)O)cc1. The van der Waals surface area contributed by atoms with E-state index in [1.807, 2.05) is 0 Å². The molecule has 4 heterocycles. The summed E-state index contributed by atoms with van der Waals surface area (Å²) < 4.78 is 0. The van der Waals surface area contributed by atoms with E-state index in [2.05, 4.69) is 157 Å². The van der Waals surface area contributed by atoms with Crippen molar-refractivity contribution >= 4 is 34.7 Å². The molecule has 0 spiro atoms. The first kappa shape index (κ1) is 47.6. The van der Waals surface area contributed by atoms with Gasteiger partial charge in [-0.2, -0.15) is 0 Å². The molecule has 0 bridgehead atoms. The van der Waals surface area contributed by atoms with Crippen LogP contribution in [-0.2, 0) is 38.5 Å². The predicted octanol–water partition coefficient (Wildman–Crippen LogP) is 11.1. The first-order chi connectivity index (χ1) is 31.8. The summed E-state index contributed by atoms with van der Waals surface area (Å²) in [5.74, 6) is -0.474. The number of benzene rings is 4. The maximum atomic E-state index is 11.5. The van der Waals surface area contributed by atoms with Crippen molar-refractivity contribution in [2.24, 2.45) is 11.8 Å². The summed E-state index contributed by atoms with van der Waals surface area (Å²) in [4.78, 5) is 35.7. The molecule has 4 aromatic carbocycles. The Morgan fingerprint density at radius 1 is 0.576 bits per heavy atom. The van der Waals surface area contributed by atoms with Crippen molar-refractivity contribution in [3.8, 4) is 0 Å². The van der Waals surface area contributed by atoms with Crippen molar-refractivity contribution in [1.82, 2.24) is 20.6 Å². The largest absolute Gasteiger partial charge is 0.478 e. The molecule has 2 aliphatic rings. The normalized spacial score (nSPS) is 15.3. The molecule has 2 aliphatic heterocycles. The average molecular weight is 887 g/mol. The van der Waals surface area contributed by atoms with E-state index in [1.54, 1.807) is 24.5 Å². The van der Waals surface area contributed by atoms with Crippen LogP contribution in [0.4, 0.5) is 22.7 Å². The van der Waals surface area contributed by atoms with Crippen molar-refractivity contribution in [1.29, 1.82) is 0 Å². The monoisotopic (exact) mass is 887 g/mol. The van der Waals surface area contributed by atoms with Crippen LogP contribution >= 0.6 is 0 Å².